The molecule has 0 bridgehead atoms. The molecular weight excluding hydrogens is 393 g/mol. The van der Waals surface area contributed by atoms with E-state index in [2.05, 4.69) is 61.6 Å². The van der Waals surface area contributed by atoms with Gasteiger partial charge in [0.15, 0.2) is 5.65 Å². The monoisotopic (exact) mass is 415 g/mol. The molecule has 0 radical (unpaired) electrons. The molecule has 0 saturated carbocycles. The highest BCUT2D eigenvalue weighted by molar-refractivity contribution is 14.1. The van der Waals surface area contributed by atoms with E-state index in [0.717, 1.165) is 47.0 Å². The number of piperidine rings is 1. The van der Waals surface area contributed by atoms with Crippen LogP contribution in [0, 0.1) is 3.70 Å². The van der Waals surface area contributed by atoms with Crippen molar-refractivity contribution in [2.75, 3.05) is 39.5 Å². The Kier molecular flexibility index (Phi) is 4.79. The van der Waals surface area contributed by atoms with Gasteiger partial charge in [0.2, 0.25) is 0 Å². The molecule has 1 saturated heterocycles. The van der Waals surface area contributed by atoms with Gasteiger partial charge in [-0.25, -0.2) is 14.6 Å². The molecule has 7 nitrogen and oxygen atoms in total. The molecule has 1 aliphatic heterocycles. The van der Waals surface area contributed by atoms with Gasteiger partial charge in [0.25, 0.3) is 0 Å². The number of nitrogen functional groups attached to an aromatic ring is 1. The summed E-state index contributed by atoms with van der Waals surface area (Å²) in [7, 11) is 4.34. The third-order valence-electron chi connectivity index (χ3n) is 4.43. The van der Waals surface area contributed by atoms with Crippen molar-refractivity contribution in [3.8, 4) is 0 Å². The Morgan fingerprint density at radius 2 is 2.00 bits per heavy atom. The number of rotatable bonds is 4. The summed E-state index contributed by atoms with van der Waals surface area (Å²) in [6, 6.07) is 0.718. The molecular formula is C14H22IN7. The minimum atomic E-state index is 0.507. The van der Waals surface area contributed by atoms with Gasteiger partial charge >= 0.3 is 0 Å². The van der Waals surface area contributed by atoms with Crippen LogP contribution in [0.2, 0.25) is 0 Å². The van der Waals surface area contributed by atoms with Crippen molar-refractivity contribution in [2.45, 2.75) is 25.4 Å². The molecule has 1 aliphatic rings. The van der Waals surface area contributed by atoms with Crippen LogP contribution in [0.4, 0.5) is 5.82 Å². The smallest absolute Gasteiger partial charge is 0.164 e. The van der Waals surface area contributed by atoms with E-state index >= 15 is 0 Å². The van der Waals surface area contributed by atoms with Crippen LogP contribution in [-0.4, -0.2) is 69.3 Å². The number of hydrogen-bond acceptors (Lipinski definition) is 6. The Hall–Kier alpha value is -1.00. The number of hydrogen-bond donors (Lipinski definition) is 1. The summed E-state index contributed by atoms with van der Waals surface area (Å²) in [5.74, 6) is 0.507. The largest absolute Gasteiger partial charge is 0.383 e. The lowest BCUT2D eigenvalue weighted by atomic mass is 10.0. The van der Waals surface area contributed by atoms with Crippen molar-refractivity contribution in [1.29, 1.82) is 0 Å². The number of aromatic nitrogens is 4. The maximum atomic E-state index is 5.93. The Morgan fingerprint density at radius 1 is 1.27 bits per heavy atom. The van der Waals surface area contributed by atoms with E-state index in [1.807, 2.05) is 4.68 Å². The lowest BCUT2D eigenvalue weighted by molar-refractivity contribution is 0.141. The first kappa shape index (κ1) is 15.9. The molecule has 0 atom stereocenters. The molecule has 2 aromatic rings. The number of nitrogens with zero attached hydrogens (tertiary/aromatic N) is 6. The zero-order valence-corrected chi connectivity index (χ0v) is 15.2. The fourth-order valence-electron chi connectivity index (χ4n) is 3.04. The Bertz CT molecular complexity index is 646. The molecule has 0 aliphatic carbocycles. The van der Waals surface area contributed by atoms with Crippen LogP contribution >= 0.6 is 22.6 Å². The molecule has 3 rings (SSSR count). The molecule has 0 unspecified atom stereocenters. The minimum absolute atomic E-state index is 0.507. The molecule has 1 fully saturated rings. The first-order valence-electron chi connectivity index (χ1n) is 7.57. The molecule has 3 heterocycles. The number of likely N-dealkylation sites (tertiary alicyclic amines) is 1. The van der Waals surface area contributed by atoms with E-state index in [0.29, 0.717) is 5.82 Å². The van der Waals surface area contributed by atoms with Crippen LogP contribution in [0.1, 0.15) is 12.8 Å². The highest BCUT2D eigenvalue weighted by atomic mass is 127. The van der Waals surface area contributed by atoms with Crippen LogP contribution < -0.4 is 5.73 Å². The second-order valence-electron chi connectivity index (χ2n) is 6.01. The van der Waals surface area contributed by atoms with Crippen LogP contribution in [-0.2, 0) is 6.54 Å². The number of fused-ring (bicyclic) bond motifs is 1. The van der Waals surface area contributed by atoms with Crippen molar-refractivity contribution in [1.82, 2.24) is 29.5 Å². The zero-order valence-electron chi connectivity index (χ0n) is 13.0. The normalized spacial score (nSPS) is 17.6. The lowest BCUT2D eigenvalue weighted by Crippen LogP contribution is -2.42. The Labute approximate surface area is 144 Å². The summed E-state index contributed by atoms with van der Waals surface area (Å²) in [6.45, 7) is 4.13. The first-order chi connectivity index (χ1) is 10.6. The van der Waals surface area contributed by atoms with Crippen molar-refractivity contribution in [3.63, 3.8) is 0 Å². The number of nitrogens with two attached hydrogens (primary N) is 1. The fraction of sp³-hybridized carbons (Fsp3) is 0.643. The van der Waals surface area contributed by atoms with Crippen molar-refractivity contribution < 1.29 is 0 Å². The standard InChI is InChI=1S/C14H22IN7/c1-20(2)10-3-5-21(6-4-10)7-8-22-14-11(12(15)19-22)13(16)17-9-18-14/h9-10H,3-8H2,1-2H3,(H2,16,17,18). The molecule has 0 aromatic carbocycles. The van der Waals surface area contributed by atoms with Gasteiger partial charge in [-0.15, -0.1) is 0 Å². The van der Waals surface area contributed by atoms with E-state index in [1.54, 1.807) is 0 Å². The predicted octanol–water partition coefficient (Wildman–Crippen LogP) is 1.04. The third-order valence-corrected chi connectivity index (χ3v) is 5.19. The molecule has 120 valence electrons. The molecule has 22 heavy (non-hydrogen) atoms. The maximum Gasteiger partial charge on any atom is 0.164 e. The number of halogens is 1. The average molecular weight is 415 g/mol. The second kappa shape index (κ2) is 6.63. The third kappa shape index (κ3) is 3.18. The summed E-state index contributed by atoms with van der Waals surface area (Å²) in [5.41, 5.74) is 6.76. The first-order valence-corrected chi connectivity index (χ1v) is 8.65. The van der Waals surface area contributed by atoms with Gasteiger partial charge in [-0.05, 0) is 62.6 Å². The zero-order chi connectivity index (χ0) is 15.7. The van der Waals surface area contributed by atoms with Gasteiger partial charge in [0.1, 0.15) is 15.8 Å². The fourth-order valence-corrected chi connectivity index (χ4v) is 3.82. The van der Waals surface area contributed by atoms with Gasteiger partial charge < -0.3 is 15.5 Å². The summed E-state index contributed by atoms with van der Waals surface area (Å²) in [4.78, 5) is 13.2. The van der Waals surface area contributed by atoms with Crippen LogP contribution in [0.15, 0.2) is 6.33 Å². The average Bonchev–Trinajstić information content (AvgIpc) is 2.83. The van der Waals surface area contributed by atoms with E-state index in [9.17, 15) is 0 Å². The van der Waals surface area contributed by atoms with Crippen LogP contribution in [0.3, 0.4) is 0 Å². The topological polar surface area (TPSA) is 76.1 Å². The lowest BCUT2D eigenvalue weighted by Gasteiger charge is -2.35. The van der Waals surface area contributed by atoms with Gasteiger partial charge in [0.05, 0.1) is 11.9 Å². The molecule has 2 aromatic heterocycles. The highest BCUT2D eigenvalue weighted by Gasteiger charge is 2.21. The van der Waals surface area contributed by atoms with Crippen LogP contribution in [0.25, 0.3) is 11.0 Å². The Balaban J connectivity index is 1.64. The number of anilines is 1. The summed E-state index contributed by atoms with van der Waals surface area (Å²) >= 11 is 2.20. The van der Waals surface area contributed by atoms with E-state index in [4.69, 9.17) is 5.73 Å². The molecule has 0 spiro atoms. The molecule has 2 N–H and O–H groups in total. The van der Waals surface area contributed by atoms with Crippen LogP contribution in [0.5, 0.6) is 0 Å². The maximum absolute atomic E-state index is 5.93. The summed E-state index contributed by atoms with van der Waals surface area (Å²) in [6.07, 6.45) is 3.98. The van der Waals surface area contributed by atoms with E-state index in [1.165, 1.54) is 19.2 Å². The van der Waals surface area contributed by atoms with Gasteiger partial charge in [0, 0.05) is 12.6 Å². The second-order valence-corrected chi connectivity index (χ2v) is 7.03. The predicted molar refractivity (Wildman–Crippen MR) is 95.6 cm³/mol. The van der Waals surface area contributed by atoms with Gasteiger partial charge in [-0.1, -0.05) is 0 Å². The van der Waals surface area contributed by atoms with E-state index < -0.39 is 0 Å². The van der Waals surface area contributed by atoms with Gasteiger partial charge in [-0.2, -0.15) is 5.10 Å². The summed E-state index contributed by atoms with van der Waals surface area (Å²) in [5, 5.41) is 5.43. The summed E-state index contributed by atoms with van der Waals surface area (Å²) < 4.78 is 2.82. The van der Waals surface area contributed by atoms with Gasteiger partial charge in [-0.3, -0.25) is 0 Å². The van der Waals surface area contributed by atoms with E-state index in [-0.39, 0.29) is 0 Å². The van der Waals surface area contributed by atoms with Crippen molar-refractivity contribution in [3.05, 3.63) is 10.0 Å². The highest BCUT2D eigenvalue weighted by Crippen LogP contribution is 2.22. The Morgan fingerprint density at radius 3 is 2.68 bits per heavy atom. The van der Waals surface area contributed by atoms with Crippen molar-refractivity contribution in [2.24, 2.45) is 0 Å². The molecule has 0 amide bonds. The molecule has 8 heteroatoms. The van der Waals surface area contributed by atoms with Crippen molar-refractivity contribution >= 4 is 39.4 Å². The quantitative estimate of drug-likeness (QED) is 0.753. The SMILES string of the molecule is CN(C)C1CCN(CCn2nc(I)c3c(N)ncnc32)CC1. The minimum Gasteiger partial charge on any atom is -0.383 e.